The second-order valence-corrected chi connectivity index (χ2v) is 5.44. The molecule has 102 valence electrons. The summed E-state index contributed by atoms with van der Waals surface area (Å²) in [6, 6.07) is 1.96. The molecule has 6 heteroatoms. The summed E-state index contributed by atoms with van der Waals surface area (Å²) >= 11 is 1.63. The lowest BCUT2D eigenvalue weighted by Crippen LogP contribution is -2.25. The molecule has 2 aromatic rings. The van der Waals surface area contributed by atoms with Gasteiger partial charge in [0.2, 0.25) is 5.89 Å². The molecule has 2 rings (SSSR count). The first-order valence-electron chi connectivity index (χ1n) is 6.22. The molecule has 2 aromatic heterocycles. The van der Waals surface area contributed by atoms with Crippen LogP contribution in [0.1, 0.15) is 40.3 Å². The Labute approximate surface area is 116 Å². The standard InChI is InChI=1S/C13H17N3O2S/c1-4-5-11-6-10(8-19-11)13(17)16(3)7-12-14-9(2)15-18-12/h6,8H,4-5,7H2,1-3H3. The monoisotopic (exact) mass is 279 g/mol. The highest BCUT2D eigenvalue weighted by atomic mass is 32.1. The molecule has 0 saturated heterocycles. The smallest absolute Gasteiger partial charge is 0.254 e. The minimum absolute atomic E-state index is 0.0190. The maximum Gasteiger partial charge on any atom is 0.254 e. The zero-order chi connectivity index (χ0) is 13.8. The molecule has 0 radical (unpaired) electrons. The summed E-state index contributed by atoms with van der Waals surface area (Å²) in [4.78, 5) is 19.1. The summed E-state index contributed by atoms with van der Waals surface area (Å²) in [5, 5.41) is 5.61. The fraction of sp³-hybridized carbons (Fsp3) is 0.462. The summed E-state index contributed by atoms with van der Waals surface area (Å²) in [6.07, 6.45) is 2.11. The molecule has 19 heavy (non-hydrogen) atoms. The van der Waals surface area contributed by atoms with Gasteiger partial charge in [-0.2, -0.15) is 4.98 Å². The molecule has 0 atom stereocenters. The highest BCUT2D eigenvalue weighted by Gasteiger charge is 2.16. The second kappa shape index (κ2) is 5.97. The fourth-order valence-electron chi connectivity index (χ4n) is 1.77. The molecule has 0 aliphatic carbocycles. The van der Waals surface area contributed by atoms with Crippen molar-refractivity contribution in [2.75, 3.05) is 7.05 Å². The molecule has 0 aliphatic rings. The number of aryl methyl sites for hydroxylation is 2. The summed E-state index contributed by atoms with van der Waals surface area (Å²) in [5.41, 5.74) is 0.729. The lowest BCUT2D eigenvalue weighted by Gasteiger charge is -2.13. The van der Waals surface area contributed by atoms with Crippen LogP contribution in [0.15, 0.2) is 16.0 Å². The highest BCUT2D eigenvalue weighted by molar-refractivity contribution is 7.10. The minimum Gasteiger partial charge on any atom is -0.337 e. The molecule has 5 nitrogen and oxygen atoms in total. The Kier molecular flexibility index (Phi) is 4.31. The van der Waals surface area contributed by atoms with E-state index in [1.54, 1.807) is 30.2 Å². The Morgan fingerprint density at radius 2 is 2.32 bits per heavy atom. The van der Waals surface area contributed by atoms with E-state index in [1.165, 1.54) is 4.88 Å². The number of rotatable bonds is 5. The van der Waals surface area contributed by atoms with Gasteiger partial charge in [0.1, 0.15) is 0 Å². The summed E-state index contributed by atoms with van der Waals surface area (Å²) in [5.74, 6) is 1.02. The Balaban J connectivity index is 2.01. The van der Waals surface area contributed by atoms with Gasteiger partial charge in [0.15, 0.2) is 5.82 Å². The van der Waals surface area contributed by atoms with Crippen LogP contribution < -0.4 is 0 Å². The van der Waals surface area contributed by atoms with Crippen molar-refractivity contribution in [2.24, 2.45) is 0 Å². The number of carbonyl (C=O) groups is 1. The molecule has 0 N–H and O–H groups in total. The van der Waals surface area contributed by atoms with Crippen molar-refractivity contribution in [2.45, 2.75) is 33.2 Å². The average molecular weight is 279 g/mol. The van der Waals surface area contributed by atoms with Gasteiger partial charge in [-0.1, -0.05) is 18.5 Å². The number of thiophene rings is 1. The molecule has 0 aliphatic heterocycles. The normalized spacial score (nSPS) is 10.7. The van der Waals surface area contributed by atoms with Crippen LogP contribution in [0.2, 0.25) is 0 Å². The second-order valence-electron chi connectivity index (χ2n) is 4.45. The van der Waals surface area contributed by atoms with Crippen LogP contribution in [0.4, 0.5) is 0 Å². The van der Waals surface area contributed by atoms with Crippen LogP contribution in [0.5, 0.6) is 0 Å². The van der Waals surface area contributed by atoms with Gasteiger partial charge in [0, 0.05) is 17.3 Å². The van der Waals surface area contributed by atoms with Crippen molar-refractivity contribution in [3.63, 3.8) is 0 Å². The van der Waals surface area contributed by atoms with Gasteiger partial charge in [-0.25, -0.2) is 0 Å². The summed E-state index contributed by atoms with van der Waals surface area (Å²) in [7, 11) is 1.74. The number of carbonyl (C=O) groups excluding carboxylic acids is 1. The number of aromatic nitrogens is 2. The van der Waals surface area contributed by atoms with Crippen molar-refractivity contribution in [3.8, 4) is 0 Å². The van der Waals surface area contributed by atoms with E-state index in [1.807, 2.05) is 11.4 Å². The van der Waals surface area contributed by atoms with Gasteiger partial charge < -0.3 is 9.42 Å². The van der Waals surface area contributed by atoms with Crippen LogP contribution in [-0.2, 0) is 13.0 Å². The van der Waals surface area contributed by atoms with E-state index in [4.69, 9.17) is 4.52 Å². The minimum atomic E-state index is -0.0190. The largest absolute Gasteiger partial charge is 0.337 e. The Bertz CT molecular complexity index is 562. The van der Waals surface area contributed by atoms with Crippen LogP contribution in [0, 0.1) is 6.92 Å². The maximum atomic E-state index is 12.2. The van der Waals surface area contributed by atoms with Gasteiger partial charge in [-0.3, -0.25) is 4.79 Å². The molecular formula is C13H17N3O2S. The van der Waals surface area contributed by atoms with Crippen LogP contribution in [-0.4, -0.2) is 28.0 Å². The van der Waals surface area contributed by atoms with Gasteiger partial charge in [0.25, 0.3) is 5.91 Å². The van der Waals surface area contributed by atoms with Crippen LogP contribution in [0.25, 0.3) is 0 Å². The van der Waals surface area contributed by atoms with Crippen molar-refractivity contribution < 1.29 is 9.32 Å². The first-order chi connectivity index (χ1) is 9.10. The lowest BCUT2D eigenvalue weighted by atomic mass is 10.2. The first kappa shape index (κ1) is 13.7. The van der Waals surface area contributed by atoms with Crippen LogP contribution >= 0.6 is 11.3 Å². The van der Waals surface area contributed by atoms with E-state index >= 15 is 0 Å². The quantitative estimate of drug-likeness (QED) is 0.844. The Morgan fingerprint density at radius 1 is 1.53 bits per heavy atom. The van der Waals surface area contributed by atoms with E-state index in [9.17, 15) is 4.79 Å². The van der Waals surface area contributed by atoms with Crippen LogP contribution in [0.3, 0.4) is 0 Å². The van der Waals surface area contributed by atoms with Gasteiger partial charge in [0.05, 0.1) is 12.1 Å². The molecule has 0 unspecified atom stereocenters. The molecule has 0 spiro atoms. The van der Waals surface area contributed by atoms with E-state index in [2.05, 4.69) is 17.1 Å². The molecular weight excluding hydrogens is 262 g/mol. The van der Waals surface area contributed by atoms with Gasteiger partial charge in [-0.15, -0.1) is 11.3 Å². The maximum absolute atomic E-state index is 12.2. The highest BCUT2D eigenvalue weighted by Crippen LogP contribution is 2.18. The van der Waals surface area contributed by atoms with Crippen molar-refractivity contribution in [1.82, 2.24) is 15.0 Å². The number of amides is 1. The number of hydrogen-bond donors (Lipinski definition) is 0. The Morgan fingerprint density at radius 3 is 2.95 bits per heavy atom. The molecule has 0 saturated carbocycles. The lowest BCUT2D eigenvalue weighted by molar-refractivity contribution is 0.0770. The van der Waals surface area contributed by atoms with Crippen molar-refractivity contribution in [1.29, 1.82) is 0 Å². The summed E-state index contributed by atoms with van der Waals surface area (Å²) in [6.45, 7) is 4.22. The number of nitrogens with zero attached hydrogens (tertiary/aromatic N) is 3. The predicted octanol–water partition coefficient (Wildman–Crippen LogP) is 2.66. The third kappa shape index (κ3) is 3.41. The summed E-state index contributed by atoms with van der Waals surface area (Å²) < 4.78 is 5.01. The molecule has 2 heterocycles. The van der Waals surface area contributed by atoms with Gasteiger partial charge in [-0.05, 0) is 19.4 Å². The predicted molar refractivity (Wildman–Crippen MR) is 73.1 cm³/mol. The third-order valence-corrected chi connectivity index (χ3v) is 3.68. The van der Waals surface area contributed by atoms with E-state index < -0.39 is 0 Å². The zero-order valence-corrected chi connectivity index (χ0v) is 12.2. The van der Waals surface area contributed by atoms with E-state index in [0.717, 1.165) is 18.4 Å². The number of hydrogen-bond acceptors (Lipinski definition) is 5. The zero-order valence-electron chi connectivity index (χ0n) is 11.3. The molecule has 0 aromatic carbocycles. The SMILES string of the molecule is CCCc1cc(C(=O)N(C)Cc2nc(C)no2)cs1. The van der Waals surface area contributed by atoms with Crippen molar-refractivity contribution in [3.05, 3.63) is 33.6 Å². The molecule has 1 amide bonds. The van der Waals surface area contributed by atoms with Gasteiger partial charge >= 0.3 is 0 Å². The molecule has 0 bridgehead atoms. The molecule has 0 fully saturated rings. The van der Waals surface area contributed by atoms with E-state index in [-0.39, 0.29) is 5.91 Å². The third-order valence-electron chi connectivity index (χ3n) is 2.69. The van der Waals surface area contributed by atoms with E-state index in [0.29, 0.717) is 18.3 Å². The first-order valence-corrected chi connectivity index (χ1v) is 7.10. The van der Waals surface area contributed by atoms with Crippen molar-refractivity contribution >= 4 is 17.2 Å². The topological polar surface area (TPSA) is 59.2 Å². The Hall–Kier alpha value is -1.69. The average Bonchev–Trinajstić information content (AvgIpc) is 2.98. The fourth-order valence-corrected chi connectivity index (χ4v) is 2.73.